The SMILES string of the molecule is CCNc1c(F)cccc1C(=O)NCCCn1cccn1. The molecule has 0 fully saturated rings. The van der Waals surface area contributed by atoms with E-state index in [1.807, 2.05) is 19.2 Å². The van der Waals surface area contributed by atoms with E-state index in [-0.39, 0.29) is 11.6 Å². The van der Waals surface area contributed by atoms with Gasteiger partial charge in [-0.15, -0.1) is 0 Å². The van der Waals surface area contributed by atoms with E-state index in [2.05, 4.69) is 15.7 Å². The molecule has 2 rings (SSSR count). The first-order valence-electron chi connectivity index (χ1n) is 7.00. The summed E-state index contributed by atoms with van der Waals surface area (Å²) in [5, 5.41) is 9.77. The van der Waals surface area contributed by atoms with Crippen LogP contribution >= 0.6 is 0 Å². The molecule has 0 saturated carbocycles. The van der Waals surface area contributed by atoms with Crippen molar-refractivity contribution in [3.63, 3.8) is 0 Å². The summed E-state index contributed by atoms with van der Waals surface area (Å²) in [6, 6.07) is 6.35. The first-order chi connectivity index (χ1) is 10.2. The van der Waals surface area contributed by atoms with Crippen LogP contribution < -0.4 is 10.6 Å². The van der Waals surface area contributed by atoms with E-state index in [0.717, 1.165) is 13.0 Å². The Bertz CT molecular complexity index is 583. The monoisotopic (exact) mass is 290 g/mol. The van der Waals surface area contributed by atoms with Crippen molar-refractivity contribution in [2.75, 3.05) is 18.4 Å². The zero-order valence-corrected chi connectivity index (χ0v) is 12.0. The lowest BCUT2D eigenvalue weighted by Gasteiger charge is -2.12. The number of aryl methyl sites for hydroxylation is 1. The number of hydrogen-bond donors (Lipinski definition) is 2. The molecule has 21 heavy (non-hydrogen) atoms. The molecular weight excluding hydrogens is 271 g/mol. The fraction of sp³-hybridized carbons (Fsp3) is 0.333. The Balaban J connectivity index is 1.89. The summed E-state index contributed by atoms with van der Waals surface area (Å²) in [5.74, 6) is -0.688. The van der Waals surface area contributed by atoms with Crippen LogP contribution in [-0.2, 0) is 6.54 Å². The third-order valence-electron chi connectivity index (χ3n) is 3.02. The van der Waals surface area contributed by atoms with Gasteiger partial charge in [0.15, 0.2) is 0 Å². The average molecular weight is 290 g/mol. The fourth-order valence-electron chi connectivity index (χ4n) is 2.04. The maximum atomic E-state index is 13.7. The first-order valence-corrected chi connectivity index (χ1v) is 7.00. The lowest BCUT2D eigenvalue weighted by Crippen LogP contribution is -2.26. The van der Waals surface area contributed by atoms with Gasteiger partial charge in [-0.05, 0) is 31.5 Å². The van der Waals surface area contributed by atoms with Crippen LogP contribution in [0.1, 0.15) is 23.7 Å². The smallest absolute Gasteiger partial charge is 0.253 e. The number of carbonyl (C=O) groups is 1. The molecule has 1 amide bonds. The molecule has 5 nitrogen and oxygen atoms in total. The van der Waals surface area contributed by atoms with Crippen molar-refractivity contribution in [2.24, 2.45) is 0 Å². The minimum atomic E-state index is -0.416. The van der Waals surface area contributed by atoms with E-state index in [0.29, 0.717) is 18.7 Å². The van der Waals surface area contributed by atoms with E-state index < -0.39 is 5.82 Å². The lowest BCUT2D eigenvalue weighted by atomic mass is 10.1. The average Bonchev–Trinajstić information content (AvgIpc) is 2.99. The molecule has 0 aliphatic carbocycles. The number of nitrogens with one attached hydrogen (secondary N) is 2. The van der Waals surface area contributed by atoms with Crippen LogP contribution in [0.3, 0.4) is 0 Å². The van der Waals surface area contributed by atoms with Gasteiger partial charge < -0.3 is 10.6 Å². The number of nitrogens with zero attached hydrogens (tertiary/aromatic N) is 2. The van der Waals surface area contributed by atoms with Crippen molar-refractivity contribution in [3.05, 3.63) is 48.0 Å². The maximum absolute atomic E-state index is 13.7. The molecule has 2 N–H and O–H groups in total. The third kappa shape index (κ3) is 4.05. The molecule has 2 aromatic rings. The Hall–Kier alpha value is -2.37. The third-order valence-corrected chi connectivity index (χ3v) is 3.02. The summed E-state index contributed by atoms with van der Waals surface area (Å²) in [4.78, 5) is 12.1. The molecule has 0 bridgehead atoms. The summed E-state index contributed by atoms with van der Waals surface area (Å²) < 4.78 is 15.5. The van der Waals surface area contributed by atoms with Gasteiger partial charge in [0.1, 0.15) is 5.82 Å². The van der Waals surface area contributed by atoms with Crippen molar-refractivity contribution >= 4 is 11.6 Å². The Labute approximate surface area is 123 Å². The van der Waals surface area contributed by atoms with Gasteiger partial charge in [0.05, 0.1) is 11.3 Å². The van der Waals surface area contributed by atoms with Crippen LogP contribution in [0.2, 0.25) is 0 Å². The number of hydrogen-bond acceptors (Lipinski definition) is 3. The normalized spacial score (nSPS) is 10.4. The highest BCUT2D eigenvalue weighted by Gasteiger charge is 2.13. The number of para-hydroxylation sites is 1. The summed E-state index contributed by atoms with van der Waals surface area (Å²) in [7, 11) is 0. The molecule has 0 aliphatic rings. The maximum Gasteiger partial charge on any atom is 0.253 e. The highest BCUT2D eigenvalue weighted by Crippen LogP contribution is 2.19. The Morgan fingerprint density at radius 2 is 2.24 bits per heavy atom. The second-order valence-corrected chi connectivity index (χ2v) is 4.57. The lowest BCUT2D eigenvalue weighted by molar-refractivity contribution is 0.0953. The van der Waals surface area contributed by atoms with E-state index in [4.69, 9.17) is 0 Å². The second-order valence-electron chi connectivity index (χ2n) is 4.57. The van der Waals surface area contributed by atoms with Crippen molar-refractivity contribution in [2.45, 2.75) is 19.9 Å². The highest BCUT2D eigenvalue weighted by molar-refractivity contribution is 5.99. The second kappa shape index (κ2) is 7.42. The molecule has 1 heterocycles. The zero-order chi connectivity index (χ0) is 15.1. The molecular formula is C15H19FN4O. The molecule has 0 spiro atoms. The van der Waals surface area contributed by atoms with Gasteiger partial charge in [0, 0.05) is 32.0 Å². The zero-order valence-electron chi connectivity index (χ0n) is 12.0. The van der Waals surface area contributed by atoms with Gasteiger partial charge in [-0.1, -0.05) is 6.07 Å². The van der Waals surface area contributed by atoms with Gasteiger partial charge in [-0.3, -0.25) is 9.48 Å². The number of rotatable bonds is 7. The van der Waals surface area contributed by atoms with Crippen LogP contribution in [0.4, 0.5) is 10.1 Å². The molecule has 1 aromatic carbocycles. The topological polar surface area (TPSA) is 59.0 Å². The number of halogens is 1. The van der Waals surface area contributed by atoms with Crippen molar-refractivity contribution in [1.29, 1.82) is 0 Å². The Morgan fingerprint density at radius 3 is 2.95 bits per heavy atom. The van der Waals surface area contributed by atoms with Crippen LogP contribution in [0.25, 0.3) is 0 Å². The molecule has 6 heteroatoms. The van der Waals surface area contributed by atoms with E-state index >= 15 is 0 Å². The number of anilines is 1. The van der Waals surface area contributed by atoms with Gasteiger partial charge in [-0.2, -0.15) is 5.10 Å². The minimum Gasteiger partial charge on any atom is -0.382 e. The number of amides is 1. The molecule has 1 aromatic heterocycles. The Kier molecular flexibility index (Phi) is 5.31. The summed E-state index contributed by atoms with van der Waals surface area (Å²) in [5.41, 5.74) is 0.584. The van der Waals surface area contributed by atoms with Crippen molar-refractivity contribution < 1.29 is 9.18 Å². The van der Waals surface area contributed by atoms with Crippen LogP contribution in [-0.4, -0.2) is 28.8 Å². The van der Waals surface area contributed by atoms with Crippen LogP contribution in [0.15, 0.2) is 36.7 Å². The summed E-state index contributed by atoms with van der Waals surface area (Å²) in [6.07, 6.45) is 4.35. The molecule has 0 aliphatic heterocycles. The molecule has 0 unspecified atom stereocenters. The van der Waals surface area contributed by atoms with Gasteiger partial charge in [0.2, 0.25) is 0 Å². The van der Waals surface area contributed by atoms with Crippen LogP contribution in [0.5, 0.6) is 0 Å². The number of carbonyl (C=O) groups excluding carboxylic acids is 1. The number of aromatic nitrogens is 2. The van der Waals surface area contributed by atoms with E-state index in [1.165, 1.54) is 12.1 Å². The summed E-state index contributed by atoms with van der Waals surface area (Å²) in [6.45, 7) is 3.66. The van der Waals surface area contributed by atoms with E-state index in [1.54, 1.807) is 16.9 Å². The van der Waals surface area contributed by atoms with Crippen molar-refractivity contribution in [1.82, 2.24) is 15.1 Å². The summed E-state index contributed by atoms with van der Waals surface area (Å²) >= 11 is 0. The highest BCUT2D eigenvalue weighted by atomic mass is 19.1. The predicted octanol–water partition coefficient (Wildman–Crippen LogP) is 2.27. The van der Waals surface area contributed by atoms with Gasteiger partial charge in [-0.25, -0.2) is 4.39 Å². The largest absolute Gasteiger partial charge is 0.382 e. The first kappa shape index (κ1) is 15.0. The Morgan fingerprint density at radius 1 is 1.38 bits per heavy atom. The van der Waals surface area contributed by atoms with Gasteiger partial charge in [0.25, 0.3) is 5.91 Å². The van der Waals surface area contributed by atoms with E-state index in [9.17, 15) is 9.18 Å². The van der Waals surface area contributed by atoms with Crippen LogP contribution in [0, 0.1) is 5.82 Å². The molecule has 0 saturated heterocycles. The van der Waals surface area contributed by atoms with Gasteiger partial charge >= 0.3 is 0 Å². The standard InChI is InChI=1S/C15H19FN4O/c1-2-17-14-12(6-3-7-13(14)16)15(21)18-8-4-10-20-11-5-9-19-20/h3,5-7,9,11,17H,2,4,8,10H2,1H3,(H,18,21). The molecule has 112 valence electrons. The molecule has 0 radical (unpaired) electrons. The minimum absolute atomic E-state index is 0.254. The molecule has 0 atom stereocenters. The number of benzene rings is 1. The predicted molar refractivity (Wildman–Crippen MR) is 79.7 cm³/mol. The fourth-order valence-corrected chi connectivity index (χ4v) is 2.04. The van der Waals surface area contributed by atoms with Crippen molar-refractivity contribution in [3.8, 4) is 0 Å². The quantitative estimate of drug-likeness (QED) is 0.769.